The van der Waals surface area contributed by atoms with Crippen LogP contribution in [0.1, 0.15) is 64.2 Å². The Hall–Kier alpha value is -2.76. The number of piperidine rings is 1. The van der Waals surface area contributed by atoms with Gasteiger partial charge in [-0.1, -0.05) is 20.8 Å². The number of aromatic nitrogens is 1. The predicted octanol–water partition coefficient (Wildman–Crippen LogP) is 3.86. The SMILES string of the molecule is CC(C)COc1cc(F)cc(-c2ccc(C(=O)NS(=O)(=O)N[C@H]3CCCNC3)c(N3CCC(C)C3(C)C)n2)c1. The third kappa shape index (κ3) is 7.06. The highest BCUT2D eigenvalue weighted by Crippen LogP contribution is 2.39. The van der Waals surface area contributed by atoms with Gasteiger partial charge in [-0.15, -0.1) is 0 Å². The van der Waals surface area contributed by atoms with E-state index in [0.29, 0.717) is 54.9 Å². The summed E-state index contributed by atoms with van der Waals surface area (Å²) in [6.07, 6.45) is 2.44. The number of amides is 1. The molecule has 214 valence electrons. The van der Waals surface area contributed by atoms with Crippen LogP contribution in [0.15, 0.2) is 30.3 Å². The lowest BCUT2D eigenvalue weighted by Gasteiger charge is -2.36. The van der Waals surface area contributed by atoms with E-state index in [1.165, 1.54) is 12.1 Å². The van der Waals surface area contributed by atoms with Crippen molar-refractivity contribution in [3.63, 3.8) is 0 Å². The zero-order chi connectivity index (χ0) is 28.4. The molecule has 0 saturated carbocycles. The third-order valence-corrected chi connectivity index (χ3v) is 8.76. The number of carbonyl (C=O) groups is 1. The molecular formula is C28H40FN5O4S. The van der Waals surface area contributed by atoms with Crippen LogP contribution < -0.4 is 24.4 Å². The number of anilines is 1. The zero-order valence-electron chi connectivity index (χ0n) is 23.4. The van der Waals surface area contributed by atoms with E-state index < -0.39 is 21.9 Å². The second kappa shape index (κ2) is 11.8. The standard InChI is InChI=1S/C28H40FN5O4S/c1-18(2)17-38-23-14-20(13-21(29)15-23)25-9-8-24(26(31-25)34-12-10-19(3)28(34,4)5)27(35)33-39(36,37)32-22-7-6-11-30-16-22/h8-9,13-15,18-19,22,30,32H,6-7,10-12,16-17H2,1-5H3,(H,33,35)/t19?,22-/m0/s1. The van der Waals surface area contributed by atoms with Gasteiger partial charge in [0, 0.05) is 36.3 Å². The molecule has 4 rings (SSSR count). The van der Waals surface area contributed by atoms with Crippen molar-refractivity contribution < 1.29 is 22.3 Å². The van der Waals surface area contributed by atoms with E-state index in [0.717, 1.165) is 19.4 Å². The molecule has 2 aromatic rings. The van der Waals surface area contributed by atoms with Crippen LogP contribution in [0.3, 0.4) is 0 Å². The van der Waals surface area contributed by atoms with Crippen LogP contribution in [0, 0.1) is 17.7 Å². The first-order chi connectivity index (χ1) is 18.4. The van der Waals surface area contributed by atoms with E-state index >= 15 is 0 Å². The van der Waals surface area contributed by atoms with E-state index in [4.69, 9.17) is 9.72 Å². The number of pyridine rings is 1. The summed E-state index contributed by atoms with van der Waals surface area (Å²) in [6.45, 7) is 12.8. The van der Waals surface area contributed by atoms with Crippen molar-refractivity contribution in [2.24, 2.45) is 11.8 Å². The van der Waals surface area contributed by atoms with Crippen molar-refractivity contribution in [3.8, 4) is 17.0 Å². The number of hydrogen-bond acceptors (Lipinski definition) is 7. The lowest BCUT2D eigenvalue weighted by molar-refractivity contribution is 0.0981. The van der Waals surface area contributed by atoms with E-state index in [1.807, 2.05) is 18.7 Å². The number of hydrogen-bond donors (Lipinski definition) is 3. The summed E-state index contributed by atoms with van der Waals surface area (Å²) in [6, 6.07) is 7.31. The fourth-order valence-electron chi connectivity index (χ4n) is 5.04. The molecule has 2 aliphatic rings. The number of nitrogens with zero attached hydrogens (tertiary/aromatic N) is 2. The first-order valence-electron chi connectivity index (χ1n) is 13.6. The van der Waals surface area contributed by atoms with Crippen LogP contribution >= 0.6 is 0 Å². The molecule has 39 heavy (non-hydrogen) atoms. The Morgan fingerprint density at radius 2 is 2.03 bits per heavy atom. The van der Waals surface area contributed by atoms with Crippen LogP contribution in [-0.4, -0.2) is 57.1 Å². The maximum Gasteiger partial charge on any atom is 0.301 e. The predicted molar refractivity (Wildman–Crippen MR) is 151 cm³/mol. The maximum atomic E-state index is 14.5. The van der Waals surface area contributed by atoms with E-state index in [9.17, 15) is 17.6 Å². The quantitative estimate of drug-likeness (QED) is 0.426. The van der Waals surface area contributed by atoms with Crippen LogP contribution in [0.4, 0.5) is 10.2 Å². The Kier molecular flexibility index (Phi) is 8.82. The minimum atomic E-state index is -4.10. The summed E-state index contributed by atoms with van der Waals surface area (Å²) >= 11 is 0. The molecule has 3 N–H and O–H groups in total. The monoisotopic (exact) mass is 561 g/mol. The fraction of sp³-hybridized carbons (Fsp3) is 0.571. The lowest BCUT2D eigenvalue weighted by atomic mass is 9.90. The number of ether oxygens (including phenoxy) is 1. The highest BCUT2D eigenvalue weighted by Gasteiger charge is 2.41. The van der Waals surface area contributed by atoms with Gasteiger partial charge < -0.3 is 15.0 Å². The average molecular weight is 562 g/mol. The molecule has 2 aliphatic heterocycles. The number of rotatable bonds is 9. The minimum absolute atomic E-state index is 0.140. The van der Waals surface area contributed by atoms with Crippen LogP contribution in [0.25, 0.3) is 11.3 Å². The molecule has 0 radical (unpaired) electrons. The van der Waals surface area contributed by atoms with Crippen molar-refractivity contribution in [1.29, 1.82) is 0 Å². The summed E-state index contributed by atoms with van der Waals surface area (Å²) in [5, 5.41) is 3.15. The minimum Gasteiger partial charge on any atom is -0.493 e. The summed E-state index contributed by atoms with van der Waals surface area (Å²) < 4.78 is 50.6. The van der Waals surface area contributed by atoms with Gasteiger partial charge in [0.15, 0.2) is 0 Å². The van der Waals surface area contributed by atoms with Gasteiger partial charge in [-0.3, -0.25) is 4.79 Å². The van der Waals surface area contributed by atoms with Gasteiger partial charge in [0.1, 0.15) is 17.4 Å². The second-order valence-corrected chi connectivity index (χ2v) is 13.0. The van der Waals surface area contributed by atoms with Crippen molar-refractivity contribution >= 4 is 21.9 Å². The van der Waals surface area contributed by atoms with Gasteiger partial charge in [-0.2, -0.15) is 13.1 Å². The van der Waals surface area contributed by atoms with Crippen LogP contribution in [0.2, 0.25) is 0 Å². The Morgan fingerprint density at radius 1 is 1.26 bits per heavy atom. The Labute approximate surface area is 231 Å². The molecule has 1 aromatic carbocycles. The lowest BCUT2D eigenvalue weighted by Crippen LogP contribution is -2.50. The van der Waals surface area contributed by atoms with Gasteiger partial charge in [0.2, 0.25) is 0 Å². The summed E-state index contributed by atoms with van der Waals surface area (Å²) in [5.74, 6) is 0.125. The smallest absolute Gasteiger partial charge is 0.301 e. The molecule has 2 atom stereocenters. The third-order valence-electron chi connectivity index (χ3n) is 7.66. The maximum absolute atomic E-state index is 14.5. The number of carbonyl (C=O) groups excluding carboxylic acids is 1. The second-order valence-electron chi connectivity index (χ2n) is 11.5. The Balaban J connectivity index is 1.68. The molecule has 0 bridgehead atoms. The highest BCUT2D eigenvalue weighted by atomic mass is 32.2. The van der Waals surface area contributed by atoms with E-state index in [-0.39, 0.29) is 23.1 Å². The molecule has 3 heterocycles. The first kappa shape index (κ1) is 29.2. The van der Waals surface area contributed by atoms with Crippen molar-refractivity contribution in [2.45, 2.75) is 65.5 Å². The molecular weight excluding hydrogens is 521 g/mol. The fourth-order valence-corrected chi connectivity index (χ4v) is 6.09. The molecule has 0 spiro atoms. The molecule has 1 unspecified atom stereocenters. The summed E-state index contributed by atoms with van der Waals surface area (Å²) in [7, 11) is -4.10. The molecule has 1 aromatic heterocycles. The Bertz CT molecular complexity index is 1290. The van der Waals surface area contributed by atoms with E-state index in [2.05, 4.69) is 35.5 Å². The molecule has 11 heteroatoms. The topological polar surface area (TPSA) is 113 Å². The van der Waals surface area contributed by atoms with Crippen molar-refractivity contribution in [1.82, 2.24) is 19.7 Å². The summed E-state index contributed by atoms with van der Waals surface area (Å²) in [4.78, 5) is 20.2. The van der Waals surface area contributed by atoms with Crippen LogP contribution in [-0.2, 0) is 10.2 Å². The van der Waals surface area contributed by atoms with Gasteiger partial charge in [0.05, 0.1) is 17.9 Å². The zero-order valence-corrected chi connectivity index (χ0v) is 24.2. The molecule has 1 amide bonds. The molecule has 9 nitrogen and oxygen atoms in total. The molecule has 2 fully saturated rings. The largest absolute Gasteiger partial charge is 0.493 e. The average Bonchev–Trinajstić information content (AvgIpc) is 3.13. The Morgan fingerprint density at radius 3 is 2.67 bits per heavy atom. The number of nitrogens with one attached hydrogen (secondary N) is 3. The van der Waals surface area contributed by atoms with Gasteiger partial charge in [-0.25, -0.2) is 14.1 Å². The highest BCUT2D eigenvalue weighted by molar-refractivity contribution is 7.88. The van der Waals surface area contributed by atoms with Crippen molar-refractivity contribution in [2.75, 3.05) is 31.1 Å². The normalized spacial score (nSPS) is 21.3. The molecule has 2 saturated heterocycles. The van der Waals surface area contributed by atoms with Gasteiger partial charge in [-0.05, 0) is 75.8 Å². The number of halogens is 1. The summed E-state index contributed by atoms with van der Waals surface area (Å²) in [5.41, 5.74) is 0.769. The van der Waals surface area contributed by atoms with Gasteiger partial charge >= 0.3 is 10.2 Å². The van der Waals surface area contributed by atoms with Crippen molar-refractivity contribution in [3.05, 3.63) is 41.7 Å². The molecule has 0 aliphatic carbocycles. The van der Waals surface area contributed by atoms with E-state index in [1.54, 1.807) is 18.2 Å². The van der Waals surface area contributed by atoms with Crippen LogP contribution in [0.5, 0.6) is 5.75 Å². The van der Waals surface area contributed by atoms with Gasteiger partial charge in [0.25, 0.3) is 5.91 Å². The number of benzene rings is 1. The first-order valence-corrected chi connectivity index (χ1v) is 15.1.